The zero-order valence-corrected chi connectivity index (χ0v) is 11.2. The van der Waals surface area contributed by atoms with Crippen LogP contribution in [0, 0.1) is 5.82 Å². The molecule has 0 unspecified atom stereocenters. The number of nitrogens with one attached hydrogen (secondary N) is 2. The number of carbonyl (C=O) groups is 1. The quantitative estimate of drug-likeness (QED) is 0.598. The Labute approximate surface area is 117 Å². The van der Waals surface area contributed by atoms with Gasteiger partial charge in [0, 0.05) is 4.47 Å². The van der Waals surface area contributed by atoms with Crippen LogP contribution in [0.4, 0.5) is 15.9 Å². The summed E-state index contributed by atoms with van der Waals surface area (Å²) >= 11 is 3.21. The summed E-state index contributed by atoms with van der Waals surface area (Å²) in [4.78, 5) is 15.9. The van der Waals surface area contributed by atoms with E-state index in [0.29, 0.717) is 10.3 Å². The van der Waals surface area contributed by atoms with Gasteiger partial charge in [0.1, 0.15) is 17.3 Å². The molecule has 0 spiro atoms. The van der Waals surface area contributed by atoms with Crippen LogP contribution in [-0.4, -0.2) is 10.9 Å². The molecule has 0 fully saturated rings. The molecule has 2 rings (SSSR count). The third kappa shape index (κ3) is 3.27. The van der Waals surface area contributed by atoms with E-state index in [1.807, 2.05) is 0 Å². The monoisotopic (exact) mass is 324 g/mol. The Hall–Kier alpha value is -1.99. The molecule has 0 radical (unpaired) electrons. The number of carbonyl (C=O) groups excluding carboxylic acids is 1. The number of nitrogens with two attached hydrogens (primary N) is 1. The number of pyridine rings is 1. The molecule has 2 aromatic rings. The molecule has 98 valence electrons. The van der Waals surface area contributed by atoms with Crippen molar-refractivity contribution < 1.29 is 9.18 Å². The van der Waals surface area contributed by atoms with Crippen molar-refractivity contribution in [1.29, 1.82) is 0 Å². The van der Waals surface area contributed by atoms with Crippen molar-refractivity contribution in [2.45, 2.75) is 0 Å². The number of halogens is 2. The third-order valence-electron chi connectivity index (χ3n) is 2.31. The standard InChI is InChI=1S/C12H10BrFN4O/c13-7-4-5-8(14)10(6-7)17-12(19)9-2-1-3-11(16-9)18-15/h1-6H,15H2,(H,16,18)(H,17,19). The van der Waals surface area contributed by atoms with Gasteiger partial charge < -0.3 is 10.7 Å². The second-order valence-corrected chi connectivity index (χ2v) is 4.55. The molecule has 0 saturated heterocycles. The van der Waals surface area contributed by atoms with E-state index in [0.717, 1.165) is 0 Å². The van der Waals surface area contributed by atoms with Crippen molar-refractivity contribution in [2.75, 3.05) is 10.7 Å². The van der Waals surface area contributed by atoms with Gasteiger partial charge in [0.05, 0.1) is 5.69 Å². The maximum Gasteiger partial charge on any atom is 0.274 e. The molecular weight excluding hydrogens is 315 g/mol. The normalized spacial score (nSPS) is 10.1. The van der Waals surface area contributed by atoms with E-state index in [2.05, 4.69) is 31.7 Å². The lowest BCUT2D eigenvalue weighted by Crippen LogP contribution is -2.16. The van der Waals surface area contributed by atoms with Gasteiger partial charge in [-0.1, -0.05) is 22.0 Å². The molecule has 0 bridgehead atoms. The van der Waals surface area contributed by atoms with Crippen LogP contribution in [0.1, 0.15) is 10.5 Å². The van der Waals surface area contributed by atoms with E-state index < -0.39 is 11.7 Å². The number of hydrogen-bond donors (Lipinski definition) is 3. The number of nitrogen functional groups attached to an aromatic ring is 1. The number of aromatic nitrogens is 1. The van der Waals surface area contributed by atoms with E-state index in [1.165, 1.54) is 18.2 Å². The first kappa shape index (κ1) is 13.4. The van der Waals surface area contributed by atoms with Crippen molar-refractivity contribution in [1.82, 2.24) is 4.98 Å². The fourth-order valence-corrected chi connectivity index (χ4v) is 1.78. The van der Waals surface area contributed by atoms with Crippen LogP contribution in [0.3, 0.4) is 0 Å². The number of anilines is 2. The lowest BCUT2D eigenvalue weighted by molar-refractivity contribution is 0.102. The van der Waals surface area contributed by atoms with Crippen LogP contribution in [0.2, 0.25) is 0 Å². The van der Waals surface area contributed by atoms with Crippen molar-refractivity contribution in [3.05, 3.63) is 52.4 Å². The van der Waals surface area contributed by atoms with Crippen LogP contribution >= 0.6 is 15.9 Å². The number of benzene rings is 1. The Bertz CT molecular complexity index is 620. The van der Waals surface area contributed by atoms with Crippen LogP contribution in [0.15, 0.2) is 40.9 Å². The van der Waals surface area contributed by atoms with Crippen molar-refractivity contribution in [3.63, 3.8) is 0 Å². The zero-order chi connectivity index (χ0) is 13.8. The molecule has 1 aromatic carbocycles. The molecule has 1 aromatic heterocycles. The molecule has 0 saturated carbocycles. The van der Waals surface area contributed by atoms with Gasteiger partial charge in [0.15, 0.2) is 0 Å². The second kappa shape index (κ2) is 5.77. The van der Waals surface area contributed by atoms with Gasteiger partial charge >= 0.3 is 0 Å². The van der Waals surface area contributed by atoms with E-state index in [9.17, 15) is 9.18 Å². The summed E-state index contributed by atoms with van der Waals surface area (Å²) in [5, 5.41) is 2.44. The maximum atomic E-state index is 13.5. The predicted octanol–water partition coefficient (Wildman–Crippen LogP) is 2.52. The number of rotatable bonds is 3. The summed E-state index contributed by atoms with van der Waals surface area (Å²) in [6.45, 7) is 0. The highest BCUT2D eigenvalue weighted by molar-refractivity contribution is 9.10. The number of hydrogen-bond acceptors (Lipinski definition) is 4. The molecule has 0 atom stereocenters. The highest BCUT2D eigenvalue weighted by Gasteiger charge is 2.11. The maximum absolute atomic E-state index is 13.5. The molecule has 0 aliphatic heterocycles. The van der Waals surface area contributed by atoms with E-state index in [-0.39, 0.29) is 11.4 Å². The van der Waals surface area contributed by atoms with Gasteiger partial charge in [-0.2, -0.15) is 0 Å². The van der Waals surface area contributed by atoms with Gasteiger partial charge in [-0.25, -0.2) is 15.2 Å². The Morgan fingerprint density at radius 3 is 2.84 bits per heavy atom. The first-order valence-electron chi connectivity index (χ1n) is 5.30. The Kier molecular flexibility index (Phi) is 4.08. The third-order valence-corrected chi connectivity index (χ3v) is 2.80. The topological polar surface area (TPSA) is 80.0 Å². The average molecular weight is 325 g/mol. The minimum atomic E-state index is -0.523. The summed E-state index contributed by atoms with van der Waals surface area (Å²) in [5.41, 5.74) is 2.54. The summed E-state index contributed by atoms with van der Waals surface area (Å²) < 4.78 is 14.2. The number of hydrazine groups is 1. The smallest absolute Gasteiger partial charge is 0.274 e. The molecule has 7 heteroatoms. The molecular formula is C12H10BrFN4O. The minimum absolute atomic E-state index is 0.0762. The fourth-order valence-electron chi connectivity index (χ4n) is 1.42. The molecule has 19 heavy (non-hydrogen) atoms. The van der Waals surface area contributed by atoms with Crippen molar-refractivity contribution in [2.24, 2.45) is 5.84 Å². The van der Waals surface area contributed by atoms with Crippen LogP contribution < -0.4 is 16.6 Å². The SMILES string of the molecule is NNc1cccc(C(=O)Nc2cc(Br)ccc2F)n1. The largest absolute Gasteiger partial charge is 0.318 e. The van der Waals surface area contributed by atoms with Crippen molar-refractivity contribution >= 4 is 33.3 Å². The van der Waals surface area contributed by atoms with Crippen molar-refractivity contribution in [3.8, 4) is 0 Å². The van der Waals surface area contributed by atoms with Gasteiger partial charge in [0.25, 0.3) is 5.91 Å². The Morgan fingerprint density at radius 2 is 2.11 bits per heavy atom. The van der Waals surface area contributed by atoms with Gasteiger partial charge in [-0.05, 0) is 30.3 Å². The van der Waals surface area contributed by atoms with Gasteiger partial charge in [-0.15, -0.1) is 0 Å². The van der Waals surface area contributed by atoms with Crippen LogP contribution in [-0.2, 0) is 0 Å². The Balaban J connectivity index is 2.22. The summed E-state index contributed by atoms with van der Waals surface area (Å²) in [5.74, 6) is 4.51. The molecule has 0 aliphatic rings. The van der Waals surface area contributed by atoms with Gasteiger partial charge in [0.2, 0.25) is 0 Å². The minimum Gasteiger partial charge on any atom is -0.318 e. The second-order valence-electron chi connectivity index (χ2n) is 3.63. The van der Waals surface area contributed by atoms with Crippen LogP contribution in [0.5, 0.6) is 0 Å². The highest BCUT2D eigenvalue weighted by Crippen LogP contribution is 2.20. The van der Waals surface area contributed by atoms with E-state index >= 15 is 0 Å². The summed E-state index contributed by atoms with van der Waals surface area (Å²) in [7, 11) is 0. The van der Waals surface area contributed by atoms with Gasteiger partial charge in [-0.3, -0.25) is 4.79 Å². The average Bonchev–Trinajstić information content (AvgIpc) is 2.43. The number of nitrogens with zero attached hydrogens (tertiary/aromatic N) is 1. The summed E-state index contributed by atoms with van der Waals surface area (Å²) in [6.07, 6.45) is 0. The first-order valence-corrected chi connectivity index (χ1v) is 6.09. The fraction of sp³-hybridized carbons (Fsp3) is 0. The predicted molar refractivity (Wildman–Crippen MR) is 74.1 cm³/mol. The molecule has 4 N–H and O–H groups in total. The van der Waals surface area contributed by atoms with E-state index in [4.69, 9.17) is 5.84 Å². The lowest BCUT2D eigenvalue weighted by atomic mass is 10.2. The Morgan fingerprint density at radius 1 is 1.32 bits per heavy atom. The zero-order valence-electron chi connectivity index (χ0n) is 9.65. The highest BCUT2D eigenvalue weighted by atomic mass is 79.9. The number of amides is 1. The lowest BCUT2D eigenvalue weighted by Gasteiger charge is -2.07. The molecule has 0 aliphatic carbocycles. The van der Waals surface area contributed by atoms with Crippen LogP contribution in [0.25, 0.3) is 0 Å². The van der Waals surface area contributed by atoms with E-state index in [1.54, 1.807) is 18.2 Å². The molecule has 5 nitrogen and oxygen atoms in total. The summed E-state index contributed by atoms with van der Waals surface area (Å²) in [6, 6.07) is 9.00. The molecule has 1 amide bonds. The first-order chi connectivity index (χ1) is 9.10. The molecule has 1 heterocycles.